The number of ether oxygens (including phenoxy) is 2. The van der Waals surface area contributed by atoms with Gasteiger partial charge in [0, 0.05) is 39.3 Å². The Morgan fingerprint density at radius 2 is 2.35 bits per heavy atom. The third-order valence-corrected chi connectivity index (χ3v) is 3.12. The van der Waals surface area contributed by atoms with Gasteiger partial charge in [0.05, 0.1) is 13.2 Å². The molecule has 0 radical (unpaired) electrons. The van der Waals surface area contributed by atoms with Crippen molar-refractivity contribution in [2.45, 2.75) is 25.8 Å². The summed E-state index contributed by atoms with van der Waals surface area (Å²) in [7, 11) is 1.62. The van der Waals surface area contributed by atoms with Gasteiger partial charge in [0.25, 0.3) is 0 Å². The first-order valence-electron chi connectivity index (χ1n) is 6.30. The summed E-state index contributed by atoms with van der Waals surface area (Å²) in [6, 6.07) is 0.421. The number of nitrogens with one attached hydrogen (secondary N) is 2. The summed E-state index contributed by atoms with van der Waals surface area (Å²) in [5.41, 5.74) is 0. The second-order valence-corrected chi connectivity index (χ2v) is 4.46. The summed E-state index contributed by atoms with van der Waals surface area (Å²) in [5.74, 6) is 0.663. The quantitative estimate of drug-likeness (QED) is 0.597. The van der Waals surface area contributed by atoms with Crippen molar-refractivity contribution >= 4 is 5.91 Å². The Balaban J connectivity index is 2.00. The van der Waals surface area contributed by atoms with Crippen molar-refractivity contribution in [3.05, 3.63) is 0 Å². The summed E-state index contributed by atoms with van der Waals surface area (Å²) in [4.78, 5) is 11.4. The first-order valence-corrected chi connectivity index (χ1v) is 6.30. The van der Waals surface area contributed by atoms with Gasteiger partial charge in [0.2, 0.25) is 5.91 Å². The van der Waals surface area contributed by atoms with Crippen LogP contribution in [-0.2, 0) is 14.3 Å². The van der Waals surface area contributed by atoms with Crippen molar-refractivity contribution in [3.63, 3.8) is 0 Å². The molecular formula is C12H24N2O3. The zero-order valence-corrected chi connectivity index (χ0v) is 10.8. The first kappa shape index (κ1) is 14.4. The average Bonchev–Trinajstić information content (AvgIpc) is 2.82. The highest BCUT2D eigenvalue weighted by Gasteiger charge is 2.21. The topological polar surface area (TPSA) is 59.6 Å². The lowest BCUT2D eigenvalue weighted by atomic mass is 10.0. The van der Waals surface area contributed by atoms with E-state index in [0.29, 0.717) is 31.5 Å². The molecule has 1 saturated heterocycles. The number of rotatable bonds is 8. The number of carbonyl (C=O) groups excluding carboxylic acids is 1. The lowest BCUT2D eigenvalue weighted by Gasteiger charge is -2.18. The van der Waals surface area contributed by atoms with Crippen LogP contribution in [-0.4, -0.2) is 52.0 Å². The van der Waals surface area contributed by atoms with Gasteiger partial charge in [-0.2, -0.15) is 0 Å². The van der Waals surface area contributed by atoms with Gasteiger partial charge in [-0.1, -0.05) is 0 Å². The van der Waals surface area contributed by atoms with Crippen molar-refractivity contribution in [2.75, 3.05) is 40.0 Å². The molecule has 5 heteroatoms. The minimum atomic E-state index is 0.0735. The van der Waals surface area contributed by atoms with Crippen LogP contribution in [0.3, 0.4) is 0 Å². The molecule has 1 aliphatic rings. The molecule has 100 valence electrons. The summed E-state index contributed by atoms with van der Waals surface area (Å²) in [5, 5.41) is 6.17. The Labute approximate surface area is 103 Å². The lowest BCUT2D eigenvalue weighted by Crippen LogP contribution is -2.37. The Kier molecular flexibility index (Phi) is 7.16. The van der Waals surface area contributed by atoms with Crippen molar-refractivity contribution in [1.29, 1.82) is 0 Å². The first-order chi connectivity index (χ1) is 8.24. The number of hydrogen-bond donors (Lipinski definition) is 2. The number of amides is 1. The molecule has 0 aromatic heterocycles. The summed E-state index contributed by atoms with van der Waals surface area (Å²) < 4.78 is 10.2. The van der Waals surface area contributed by atoms with Gasteiger partial charge in [-0.25, -0.2) is 0 Å². The van der Waals surface area contributed by atoms with E-state index in [-0.39, 0.29) is 5.91 Å². The van der Waals surface area contributed by atoms with Crippen LogP contribution in [0.15, 0.2) is 0 Å². The highest BCUT2D eigenvalue weighted by Crippen LogP contribution is 2.15. The zero-order chi connectivity index (χ0) is 12.5. The molecular weight excluding hydrogens is 220 g/mol. The zero-order valence-electron chi connectivity index (χ0n) is 10.8. The number of methoxy groups -OCH3 is 1. The number of carbonyl (C=O) groups is 1. The van der Waals surface area contributed by atoms with Crippen molar-refractivity contribution < 1.29 is 14.3 Å². The molecule has 1 amide bonds. The van der Waals surface area contributed by atoms with Gasteiger partial charge >= 0.3 is 0 Å². The number of hydrogen-bond acceptors (Lipinski definition) is 4. The third kappa shape index (κ3) is 6.00. The molecule has 1 fully saturated rings. The predicted molar refractivity (Wildman–Crippen MR) is 65.9 cm³/mol. The Morgan fingerprint density at radius 3 is 3.00 bits per heavy atom. The molecule has 1 heterocycles. The van der Waals surface area contributed by atoms with E-state index < -0.39 is 0 Å². The van der Waals surface area contributed by atoms with E-state index in [9.17, 15) is 4.79 Å². The smallest absolute Gasteiger partial charge is 0.221 e. The molecule has 1 aliphatic heterocycles. The molecule has 0 saturated carbocycles. The van der Waals surface area contributed by atoms with Crippen LogP contribution in [0.4, 0.5) is 0 Å². The van der Waals surface area contributed by atoms with Gasteiger partial charge in [0.15, 0.2) is 0 Å². The molecule has 0 aromatic rings. The third-order valence-electron chi connectivity index (χ3n) is 3.12. The lowest BCUT2D eigenvalue weighted by molar-refractivity contribution is -0.121. The van der Waals surface area contributed by atoms with Crippen LogP contribution in [0, 0.1) is 5.92 Å². The van der Waals surface area contributed by atoms with Crippen LogP contribution in [0.5, 0.6) is 0 Å². The van der Waals surface area contributed by atoms with E-state index >= 15 is 0 Å². The fraction of sp³-hybridized carbons (Fsp3) is 0.917. The molecule has 0 bridgehead atoms. The minimum absolute atomic E-state index is 0.0735. The molecule has 2 unspecified atom stereocenters. The average molecular weight is 244 g/mol. The molecule has 17 heavy (non-hydrogen) atoms. The predicted octanol–water partition coefficient (Wildman–Crippen LogP) is 0.154. The maximum atomic E-state index is 11.4. The minimum Gasteiger partial charge on any atom is -0.383 e. The summed E-state index contributed by atoms with van der Waals surface area (Å²) in [6.07, 6.45) is 1.63. The SMILES string of the molecule is COCCNC(=O)CCNC(C)C1CCOC1. The Morgan fingerprint density at radius 1 is 1.53 bits per heavy atom. The maximum absolute atomic E-state index is 11.4. The van der Waals surface area contributed by atoms with Crippen LogP contribution in [0.25, 0.3) is 0 Å². The molecule has 0 aliphatic carbocycles. The molecule has 0 spiro atoms. The van der Waals surface area contributed by atoms with E-state index in [0.717, 1.165) is 26.2 Å². The normalized spacial score (nSPS) is 21.4. The maximum Gasteiger partial charge on any atom is 0.221 e. The van der Waals surface area contributed by atoms with Gasteiger partial charge in [0.1, 0.15) is 0 Å². The van der Waals surface area contributed by atoms with Crippen molar-refractivity contribution in [3.8, 4) is 0 Å². The molecule has 2 atom stereocenters. The monoisotopic (exact) mass is 244 g/mol. The molecule has 0 aromatic carbocycles. The summed E-state index contributed by atoms with van der Waals surface area (Å²) in [6.45, 7) is 5.73. The Hall–Kier alpha value is -0.650. The van der Waals surface area contributed by atoms with Crippen LogP contribution in [0.2, 0.25) is 0 Å². The van der Waals surface area contributed by atoms with E-state index in [1.807, 2.05) is 0 Å². The van der Waals surface area contributed by atoms with Gasteiger partial charge in [-0.15, -0.1) is 0 Å². The van der Waals surface area contributed by atoms with Crippen LogP contribution >= 0.6 is 0 Å². The molecule has 5 nitrogen and oxygen atoms in total. The highest BCUT2D eigenvalue weighted by molar-refractivity contribution is 5.76. The second-order valence-electron chi connectivity index (χ2n) is 4.46. The molecule has 2 N–H and O–H groups in total. The van der Waals surface area contributed by atoms with Crippen molar-refractivity contribution in [1.82, 2.24) is 10.6 Å². The van der Waals surface area contributed by atoms with E-state index in [2.05, 4.69) is 17.6 Å². The standard InChI is InChI=1S/C12H24N2O3/c1-10(11-4-7-17-9-11)13-5-3-12(15)14-6-8-16-2/h10-11,13H,3-9H2,1-2H3,(H,14,15). The Bertz CT molecular complexity index is 218. The van der Waals surface area contributed by atoms with Gasteiger partial charge < -0.3 is 20.1 Å². The summed E-state index contributed by atoms with van der Waals surface area (Å²) >= 11 is 0. The fourth-order valence-corrected chi connectivity index (χ4v) is 1.91. The van der Waals surface area contributed by atoms with Crippen molar-refractivity contribution in [2.24, 2.45) is 5.92 Å². The van der Waals surface area contributed by atoms with Crippen LogP contribution in [0.1, 0.15) is 19.8 Å². The highest BCUT2D eigenvalue weighted by atomic mass is 16.5. The van der Waals surface area contributed by atoms with Crippen LogP contribution < -0.4 is 10.6 Å². The van der Waals surface area contributed by atoms with Gasteiger partial charge in [-0.05, 0) is 19.3 Å². The van der Waals surface area contributed by atoms with E-state index in [1.165, 1.54) is 0 Å². The van der Waals surface area contributed by atoms with E-state index in [4.69, 9.17) is 9.47 Å². The fourth-order valence-electron chi connectivity index (χ4n) is 1.91. The molecule has 1 rings (SSSR count). The second kappa shape index (κ2) is 8.44. The van der Waals surface area contributed by atoms with Gasteiger partial charge in [-0.3, -0.25) is 4.79 Å². The van der Waals surface area contributed by atoms with E-state index in [1.54, 1.807) is 7.11 Å². The largest absolute Gasteiger partial charge is 0.383 e.